The van der Waals surface area contributed by atoms with Gasteiger partial charge in [-0.15, -0.1) is 0 Å². The number of carbonyl (C=O) groups excluding carboxylic acids is 1. The van der Waals surface area contributed by atoms with Gasteiger partial charge in [-0.25, -0.2) is 0 Å². The molecule has 0 saturated heterocycles. The first-order valence-electron chi connectivity index (χ1n) is 5.79. The third kappa shape index (κ3) is 4.28. The van der Waals surface area contributed by atoms with Gasteiger partial charge in [0, 0.05) is 12.8 Å². The average molecular weight is 242 g/mol. The van der Waals surface area contributed by atoms with Crippen molar-refractivity contribution in [3.63, 3.8) is 0 Å². The van der Waals surface area contributed by atoms with Gasteiger partial charge in [-0.3, -0.25) is 9.59 Å². The molecule has 1 fully saturated rings. The van der Waals surface area contributed by atoms with Crippen LogP contribution in [0.4, 0.5) is 0 Å². The Balaban J connectivity index is 2.24. The van der Waals surface area contributed by atoms with E-state index in [1.165, 1.54) is 0 Å². The summed E-state index contributed by atoms with van der Waals surface area (Å²) in [4.78, 5) is 21.6. The van der Waals surface area contributed by atoms with E-state index in [0.29, 0.717) is 12.8 Å². The molecule has 0 aromatic rings. The summed E-state index contributed by atoms with van der Waals surface area (Å²) in [6.07, 6.45) is 3.61. The SMILES string of the molecule is O=C(O)CCCCC=CC1C(=O)CC(O)C1O. The fourth-order valence-corrected chi connectivity index (χ4v) is 1.90. The number of carboxylic acids is 1. The van der Waals surface area contributed by atoms with Crippen LogP contribution in [-0.2, 0) is 9.59 Å². The Morgan fingerprint density at radius 3 is 2.59 bits per heavy atom. The fraction of sp³-hybridized carbons (Fsp3) is 0.667. The smallest absolute Gasteiger partial charge is 0.303 e. The Kier molecular flexibility index (Phi) is 5.31. The Bertz CT molecular complexity index is 310. The Hall–Kier alpha value is -1.20. The molecule has 1 aliphatic carbocycles. The lowest BCUT2D eigenvalue weighted by Crippen LogP contribution is -2.24. The maximum absolute atomic E-state index is 11.4. The summed E-state index contributed by atoms with van der Waals surface area (Å²) < 4.78 is 0. The molecule has 1 saturated carbocycles. The number of hydrogen-bond donors (Lipinski definition) is 3. The van der Waals surface area contributed by atoms with E-state index >= 15 is 0 Å². The molecule has 5 nitrogen and oxygen atoms in total. The highest BCUT2D eigenvalue weighted by atomic mass is 16.4. The number of allylic oxidation sites excluding steroid dienone is 1. The largest absolute Gasteiger partial charge is 0.481 e. The molecular formula is C12H18O5. The fourth-order valence-electron chi connectivity index (χ4n) is 1.90. The maximum atomic E-state index is 11.4. The van der Waals surface area contributed by atoms with E-state index in [2.05, 4.69) is 0 Å². The summed E-state index contributed by atoms with van der Waals surface area (Å²) in [5, 5.41) is 27.2. The van der Waals surface area contributed by atoms with Gasteiger partial charge in [-0.05, 0) is 19.3 Å². The Labute approximate surface area is 99.8 Å². The van der Waals surface area contributed by atoms with E-state index in [0.717, 1.165) is 6.42 Å². The normalized spacial score (nSPS) is 29.1. The number of unbranched alkanes of at least 4 members (excludes halogenated alkanes) is 2. The van der Waals surface area contributed by atoms with Crippen LogP contribution in [0.2, 0.25) is 0 Å². The number of rotatable bonds is 6. The van der Waals surface area contributed by atoms with Gasteiger partial charge in [0.05, 0.1) is 18.1 Å². The molecule has 1 aliphatic rings. The number of hydrogen-bond acceptors (Lipinski definition) is 4. The topological polar surface area (TPSA) is 94.8 Å². The second-order valence-electron chi connectivity index (χ2n) is 4.32. The quantitative estimate of drug-likeness (QED) is 0.465. The van der Waals surface area contributed by atoms with E-state index in [-0.39, 0.29) is 18.6 Å². The molecule has 3 N–H and O–H groups in total. The van der Waals surface area contributed by atoms with Gasteiger partial charge in [-0.1, -0.05) is 12.2 Å². The Morgan fingerprint density at radius 1 is 1.35 bits per heavy atom. The molecule has 0 aromatic carbocycles. The lowest BCUT2D eigenvalue weighted by molar-refractivity contribution is -0.137. The van der Waals surface area contributed by atoms with Gasteiger partial charge in [0.15, 0.2) is 0 Å². The van der Waals surface area contributed by atoms with Crippen LogP contribution in [0, 0.1) is 5.92 Å². The molecule has 17 heavy (non-hydrogen) atoms. The van der Waals surface area contributed by atoms with E-state index in [1.807, 2.05) is 0 Å². The van der Waals surface area contributed by atoms with Crippen molar-refractivity contribution in [3.05, 3.63) is 12.2 Å². The van der Waals surface area contributed by atoms with Crippen molar-refractivity contribution in [3.8, 4) is 0 Å². The number of aliphatic carboxylic acids is 1. The molecule has 1 rings (SSSR count). The predicted molar refractivity (Wildman–Crippen MR) is 60.4 cm³/mol. The second-order valence-corrected chi connectivity index (χ2v) is 4.32. The van der Waals surface area contributed by atoms with Crippen LogP contribution in [0.25, 0.3) is 0 Å². The van der Waals surface area contributed by atoms with E-state index in [4.69, 9.17) is 5.11 Å². The minimum atomic E-state index is -1.00. The second kappa shape index (κ2) is 6.51. The molecule has 0 spiro atoms. The molecule has 0 radical (unpaired) electrons. The zero-order valence-electron chi connectivity index (χ0n) is 9.58. The van der Waals surface area contributed by atoms with Crippen LogP contribution in [0.5, 0.6) is 0 Å². The van der Waals surface area contributed by atoms with Gasteiger partial charge in [0.25, 0.3) is 0 Å². The number of carbonyl (C=O) groups is 2. The molecule has 3 unspecified atom stereocenters. The van der Waals surface area contributed by atoms with Crippen LogP contribution in [0.3, 0.4) is 0 Å². The lowest BCUT2D eigenvalue weighted by Gasteiger charge is -2.10. The molecule has 96 valence electrons. The molecule has 5 heteroatoms. The van der Waals surface area contributed by atoms with Crippen molar-refractivity contribution >= 4 is 11.8 Å². The summed E-state index contributed by atoms with van der Waals surface area (Å²) in [6.45, 7) is 0. The molecule has 0 heterocycles. The number of aliphatic hydroxyl groups excluding tert-OH is 2. The van der Waals surface area contributed by atoms with E-state index in [9.17, 15) is 19.8 Å². The minimum absolute atomic E-state index is 0.00911. The first kappa shape index (κ1) is 13.9. The van der Waals surface area contributed by atoms with Gasteiger partial charge in [0.2, 0.25) is 0 Å². The van der Waals surface area contributed by atoms with Crippen molar-refractivity contribution in [2.45, 2.75) is 44.3 Å². The van der Waals surface area contributed by atoms with Gasteiger partial charge >= 0.3 is 5.97 Å². The van der Waals surface area contributed by atoms with Crippen LogP contribution in [0.15, 0.2) is 12.2 Å². The highest BCUT2D eigenvalue weighted by Crippen LogP contribution is 2.24. The number of ketones is 1. The first-order chi connectivity index (χ1) is 8.02. The van der Waals surface area contributed by atoms with Crippen molar-refractivity contribution in [2.75, 3.05) is 0 Å². The van der Waals surface area contributed by atoms with Crippen molar-refractivity contribution < 1.29 is 24.9 Å². The molecule has 3 atom stereocenters. The molecular weight excluding hydrogens is 224 g/mol. The highest BCUT2D eigenvalue weighted by molar-refractivity contribution is 5.86. The predicted octanol–water partition coefficient (Wildman–Crippen LogP) is 0.498. The van der Waals surface area contributed by atoms with Crippen molar-refractivity contribution in [2.24, 2.45) is 5.92 Å². The van der Waals surface area contributed by atoms with E-state index in [1.54, 1.807) is 12.2 Å². The van der Waals surface area contributed by atoms with Gasteiger partial charge in [0.1, 0.15) is 5.78 Å². The molecule has 0 aliphatic heterocycles. The third-order valence-corrected chi connectivity index (χ3v) is 2.90. The maximum Gasteiger partial charge on any atom is 0.303 e. The molecule has 0 aromatic heterocycles. The van der Waals surface area contributed by atoms with Crippen LogP contribution in [-0.4, -0.2) is 39.3 Å². The Morgan fingerprint density at radius 2 is 2.06 bits per heavy atom. The van der Waals surface area contributed by atoms with Crippen molar-refractivity contribution in [1.29, 1.82) is 0 Å². The zero-order chi connectivity index (χ0) is 12.8. The summed E-state index contributed by atoms with van der Waals surface area (Å²) in [5.74, 6) is -1.56. The standard InChI is InChI=1S/C12H18O5/c13-9-7-10(14)12(17)8(9)5-3-1-2-4-6-11(15)16/h3,5,8,10,12,14,17H,1-2,4,6-7H2,(H,15,16). The van der Waals surface area contributed by atoms with Crippen LogP contribution in [0.1, 0.15) is 32.1 Å². The summed E-state index contributed by atoms with van der Waals surface area (Å²) in [6, 6.07) is 0. The monoisotopic (exact) mass is 242 g/mol. The average Bonchev–Trinajstić information content (AvgIpc) is 2.48. The lowest BCUT2D eigenvalue weighted by atomic mass is 10.0. The zero-order valence-corrected chi connectivity index (χ0v) is 9.58. The minimum Gasteiger partial charge on any atom is -0.481 e. The van der Waals surface area contributed by atoms with Crippen molar-refractivity contribution in [1.82, 2.24) is 0 Å². The third-order valence-electron chi connectivity index (χ3n) is 2.90. The highest BCUT2D eigenvalue weighted by Gasteiger charge is 2.38. The number of carboxylic acid groups (broad SMARTS) is 1. The van der Waals surface area contributed by atoms with Gasteiger partial charge in [-0.2, -0.15) is 0 Å². The van der Waals surface area contributed by atoms with Crippen LogP contribution >= 0.6 is 0 Å². The molecule has 0 amide bonds. The van der Waals surface area contributed by atoms with Gasteiger partial charge < -0.3 is 15.3 Å². The summed E-state index contributed by atoms with van der Waals surface area (Å²) in [7, 11) is 0. The number of Topliss-reactive ketones (excluding diaryl/α,β-unsaturated/α-hetero) is 1. The van der Waals surface area contributed by atoms with E-state index < -0.39 is 24.1 Å². The summed E-state index contributed by atoms with van der Waals surface area (Å²) >= 11 is 0. The molecule has 0 bridgehead atoms. The summed E-state index contributed by atoms with van der Waals surface area (Å²) in [5.41, 5.74) is 0. The van der Waals surface area contributed by atoms with Crippen LogP contribution < -0.4 is 0 Å². The first-order valence-corrected chi connectivity index (χ1v) is 5.79. The number of aliphatic hydroxyl groups is 2.